The normalized spacial score (nSPS) is 11.4. The van der Waals surface area contributed by atoms with Gasteiger partial charge in [0, 0.05) is 11.6 Å². The molecular weight excluding hydrogens is 182 g/mol. The molecule has 0 fully saturated rings. The molecule has 3 rings (SSSR count). The Kier molecular flexibility index (Phi) is 1.14. The predicted molar refractivity (Wildman–Crippen MR) is 52.5 cm³/mol. The van der Waals surface area contributed by atoms with Crippen LogP contribution in [0.5, 0.6) is 0 Å². The molecule has 3 N–H and O–H groups in total. The lowest BCUT2D eigenvalue weighted by atomic mass is 10.2. The lowest BCUT2D eigenvalue weighted by Gasteiger charge is -1.94. The van der Waals surface area contributed by atoms with Crippen LogP contribution in [0.15, 0.2) is 33.6 Å². The Bertz CT molecular complexity index is 674. The van der Waals surface area contributed by atoms with Crippen molar-refractivity contribution in [1.82, 2.24) is 9.66 Å². The van der Waals surface area contributed by atoms with Crippen LogP contribution >= 0.6 is 0 Å². The number of nitrogens with zero attached hydrogens (tertiary/aromatic N) is 1. The van der Waals surface area contributed by atoms with Crippen LogP contribution in [-0.4, -0.2) is 9.66 Å². The fourth-order valence-corrected chi connectivity index (χ4v) is 1.66. The number of fused-ring (bicyclic) bond motifs is 3. The molecule has 70 valence electrons. The van der Waals surface area contributed by atoms with Crippen molar-refractivity contribution >= 4 is 22.0 Å². The largest absolute Gasteiger partial charge is 0.417 e. The molecule has 0 aliphatic heterocycles. The molecule has 2 heterocycles. The first-order chi connectivity index (χ1) is 6.75. The summed E-state index contributed by atoms with van der Waals surface area (Å²) in [4.78, 5) is 13.6. The Morgan fingerprint density at radius 2 is 2.21 bits per heavy atom. The van der Waals surface area contributed by atoms with Gasteiger partial charge in [-0.15, -0.1) is 0 Å². The summed E-state index contributed by atoms with van der Waals surface area (Å²) in [5, 5.41) is 0.885. The SMILES string of the molecule is Nn1ccc2c3[nH]c(=O)oc3ccc21. The molecule has 2 aromatic heterocycles. The summed E-state index contributed by atoms with van der Waals surface area (Å²) in [6, 6.07) is 5.37. The summed E-state index contributed by atoms with van der Waals surface area (Å²) in [6.07, 6.45) is 1.73. The van der Waals surface area contributed by atoms with E-state index in [9.17, 15) is 4.79 Å². The average Bonchev–Trinajstić information content (AvgIpc) is 2.68. The van der Waals surface area contributed by atoms with E-state index in [1.165, 1.54) is 4.68 Å². The second-order valence-electron chi connectivity index (χ2n) is 3.11. The lowest BCUT2D eigenvalue weighted by molar-refractivity contribution is 0.555. The maximum atomic E-state index is 11.0. The van der Waals surface area contributed by atoms with Crippen molar-refractivity contribution in [3.8, 4) is 0 Å². The van der Waals surface area contributed by atoms with Crippen LogP contribution in [0.4, 0.5) is 0 Å². The van der Waals surface area contributed by atoms with E-state index in [4.69, 9.17) is 10.3 Å². The summed E-state index contributed by atoms with van der Waals surface area (Å²) in [5.74, 6) is 5.22. The van der Waals surface area contributed by atoms with Gasteiger partial charge in [-0.25, -0.2) is 4.79 Å². The second kappa shape index (κ2) is 2.20. The highest BCUT2D eigenvalue weighted by Gasteiger charge is 2.07. The monoisotopic (exact) mass is 189 g/mol. The number of rotatable bonds is 0. The number of nitrogens with two attached hydrogens (primary N) is 1. The predicted octanol–water partition coefficient (Wildman–Crippen LogP) is 0.790. The molecule has 14 heavy (non-hydrogen) atoms. The van der Waals surface area contributed by atoms with Gasteiger partial charge >= 0.3 is 5.76 Å². The van der Waals surface area contributed by atoms with E-state index < -0.39 is 5.76 Å². The second-order valence-corrected chi connectivity index (χ2v) is 3.11. The van der Waals surface area contributed by atoms with Crippen molar-refractivity contribution in [2.75, 3.05) is 5.84 Å². The quantitative estimate of drug-likeness (QED) is 0.513. The van der Waals surface area contributed by atoms with Crippen LogP contribution in [0.1, 0.15) is 0 Å². The molecule has 0 atom stereocenters. The molecule has 0 saturated heterocycles. The minimum Gasteiger partial charge on any atom is -0.408 e. The van der Waals surface area contributed by atoms with Crippen molar-refractivity contribution in [3.05, 3.63) is 34.9 Å². The number of aromatic nitrogens is 2. The standard InChI is InChI=1S/C9H7N3O2/c10-12-4-3-5-6(12)1-2-7-8(5)11-9(13)14-7/h1-4H,10H2,(H,11,13). The zero-order valence-electron chi connectivity index (χ0n) is 7.15. The van der Waals surface area contributed by atoms with Gasteiger partial charge in [0.05, 0.1) is 11.0 Å². The fourth-order valence-electron chi connectivity index (χ4n) is 1.66. The number of nitrogens with one attached hydrogen (secondary N) is 1. The van der Waals surface area contributed by atoms with Gasteiger partial charge in [-0.05, 0) is 18.2 Å². The molecule has 0 aliphatic carbocycles. The van der Waals surface area contributed by atoms with Crippen LogP contribution < -0.4 is 11.6 Å². The fraction of sp³-hybridized carbons (Fsp3) is 0. The highest BCUT2D eigenvalue weighted by Crippen LogP contribution is 2.22. The van der Waals surface area contributed by atoms with Crippen LogP contribution in [0.25, 0.3) is 22.0 Å². The molecule has 0 radical (unpaired) electrons. The third kappa shape index (κ3) is 0.756. The third-order valence-corrected chi connectivity index (χ3v) is 2.29. The van der Waals surface area contributed by atoms with Crippen LogP contribution in [0.3, 0.4) is 0 Å². The summed E-state index contributed by atoms with van der Waals surface area (Å²) in [5.41, 5.74) is 2.10. The molecule has 0 amide bonds. The van der Waals surface area contributed by atoms with Crippen LogP contribution in [-0.2, 0) is 0 Å². The molecular formula is C9H7N3O2. The molecule has 1 aromatic carbocycles. The van der Waals surface area contributed by atoms with E-state index in [0.29, 0.717) is 11.1 Å². The highest BCUT2D eigenvalue weighted by atomic mass is 16.4. The Labute approximate surface area is 77.7 Å². The summed E-state index contributed by atoms with van der Waals surface area (Å²) in [7, 11) is 0. The molecule has 3 aromatic rings. The van der Waals surface area contributed by atoms with Gasteiger partial charge in [0.25, 0.3) is 0 Å². The van der Waals surface area contributed by atoms with Crippen molar-refractivity contribution in [2.45, 2.75) is 0 Å². The lowest BCUT2D eigenvalue weighted by Crippen LogP contribution is -2.04. The zero-order valence-corrected chi connectivity index (χ0v) is 7.15. The smallest absolute Gasteiger partial charge is 0.408 e. The molecule has 0 unspecified atom stereocenters. The highest BCUT2D eigenvalue weighted by molar-refractivity contribution is 6.02. The van der Waals surface area contributed by atoms with E-state index in [1.807, 2.05) is 12.1 Å². The molecule has 0 saturated carbocycles. The maximum Gasteiger partial charge on any atom is 0.417 e. The van der Waals surface area contributed by atoms with Crippen molar-refractivity contribution in [3.63, 3.8) is 0 Å². The van der Waals surface area contributed by atoms with E-state index in [-0.39, 0.29) is 0 Å². The van der Waals surface area contributed by atoms with Crippen molar-refractivity contribution < 1.29 is 4.42 Å². The number of benzene rings is 1. The van der Waals surface area contributed by atoms with E-state index in [1.54, 1.807) is 12.3 Å². The minimum absolute atomic E-state index is 0.447. The van der Waals surface area contributed by atoms with Crippen LogP contribution in [0.2, 0.25) is 0 Å². The van der Waals surface area contributed by atoms with Gasteiger partial charge in [0.15, 0.2) is 5.58 Å². The van der Waals surface area contributed by atoms with Gasteiger partial charge in [-0.3, -0.25) is 9.66 Å². The summed E-state index contributed by atoms with van der Waals surface area (Å²) >= 11 is 0. The third-order valence-electron chi connectivity index (χ3n) is 2.29. The van der Waals surface area contributed by atoms with E-state index >= 15 is 0 Å². The first-order valence-corrected chi connectivity index (χ1v) is 4.14. The molecule has 5 nitrogen and oxygen atoms in total. The number of H-pyrrole nitrogens is 1. The summed E-state index contributed by atoms with van der Waals surface area (Å²) < 4.78 is 6.42. The van der Waals surface area contributed by atoms with E-state index in [0.717, 1.165) is 10.9 Å². The number of oxazole rings is 1. The molecule has 0 aliphatic rings. The average molecular weight is 189 g/mol. The van der Waals surface area contributed by atoms with E-state index in [2.05, 4.69) is 4.98 Å². The number of aromatic amines is 1. The zero-order chi connectivity index (χ0) is 9.71. The van der Waals surface area contributed by atoms with Crippen molar-refractivity contribution in [1.29, 1.82) is 0 Å². The molecule has 0 spiro atoms. The Balaban J connectivity index is 2.66. The van der Waals surface area contributed by atoms with Crippen molar-refractivity contribution in [2.24, 2.45) is 0 Å². The maximum absolute atomic E-state index is 11.0. The summed E-state index contributed by atoms with van der Waals surface area (Å²) in [6.45, 7) is 0. The molecule has 5 heteroatoms. The van der Waals surface area contributed by atoms with Gasteiger partial charge < -0.3 is 10.3 Å². The molecule has 0 bridgehead atoms. The van der Waals surface area contributed by atoms with Gasteiger partial charge in [-0.1, -0.05) is 0 Å². The Hall–Kier alpha value is -2.17. The number of nitrogen functional groups attached to an aromatic ring is 1. The van der Waals surface area contributed by atoms with Gasteiger partial charge in [0.1, 0.15) is 0 Å². The first kappa shape index (κ1) is 7.25. The first-order valence-electron chi connectivity index (χ1n) is 4.14. The Morgan fingerprint density at radius 3 is 3.07 bits per heavy atom. The van der Waals surface area contributed by atoms with Gasteiger partial charge in [-0.2, -0.15) is 0 Å². The number of hydrogen-bond acceptors (Lipinski definition) is 3. The van der Waals surface area contributed by atoms with Crippen LogP contribution in [0, 0.1) is 0 Å². The Morgan fingerprint density at radius 1 is 1.36 bits per heavy atom. The van der Waals surface area contributed by atoms with Gasteiger partial charge in [0.2, 0.25) is 0 Å². The topological polar surface area (TPSA) is 76.9 Å². The minimum atomic E-state index is -0.447. The number of hydrogen-bond donors (Lipinski definition) is 2.